The van der Waals surface area contributed by atoms with Crippen LogP contribution in [-0.2, 0) is 0 Å². The zero-order valence-electron chi connectivity index (χ0n) is 8.90. The Morgan fingerprint density at radius 2 is 2.19 bits per heavy atom. The summed E-state index contributed by atoms with van der Waals surface area (Å²) in [5.41, 5.74) is 4.23. The molecule has 2 N–H and O–H groups in total. The van der Waals surface area contributed by atoms with Gasteiger partial charge in [0.05, 0.1) is 17.8 Å². The number of hydrogen-bond donors (Lipinski definition) is 2. The van der Waals surface area contributed by atoms with Crippen molar-refractivity contribution in [1.29, 1.82) is 5.26 Å². The lowest BCUT2D eigenvalue weighted by Crippen LogP contribution is -2.31. The molecular weight excluding hydrogens is 220 g/mol. The summed E-state index contributed by atoms with van der Waals surface area (Å²) in [5, 5.41) is 16.0. The average Bonchev–Trinajstić information content (AvgIpc) is 2.30. The average molecular weight is 232 g/mol. The smallest absolute Gasteiger partial charge is 0.186 e. The Balaban J connectivity index is 2.50. The van der Waals surface area contributed by atoms with Crippen molar-refractivity contribution in [3.05, 3.63) is 35.4 Å². The van der Waals surface area contributed by atoms with Crippen molar-refractivity contribution in [2.45, 2.75) is 6.92 Å². The number of nitrogens with zero attached hydrogens (tertiary/aromatic N) is 2. The number of benzene rings is 1. The Bertz CT molecular complexity index is 417. The molecule has 0 atom stereocenters. The van der Waals surface area contributed by atoms with E-state index in [9.17, 15) is 0 Å². The van der Waals surface area contributed by atoms with Gasteiger partial charge in [0.15, 0.2) is 5.11 Å². The third kappa shape index (κ3) is 4.07. The van der Waals surface area contributed by atoms with E-state index >= 15 is 0 Å². The molecule has 0 spiro atoms. The van der Waals surface area contributed by atoms with Crippen molar-refractivity contribution in [2.75, 3.05) is 6.54 Å². The van der Waals surface area contributed by atoms with Crippen LogP contribution in [0.1, 0.15) is 18.1 Å². The second-order valence-corrected chi connectivity index (χ2v) is 3.37. The van der Waals surface area contributed by atoms with Crippen LogP contribution in [0.15, 0.2) is 29.4 Å². The molecule has 5 heteroatoms. The molecule has 1 rings (SSSR count). The van der Waals surface area contributed by atoms with Crippen LogP contribution in [0, 0.1) is 11.3 Å². The normalized spacial score (nSPS) is 9.75. The Morgan fingerprint density at radius 3 is 2.75 bits per heavy atom. The fourth-order valence-corrected chi connectivity index (χ4v) is 1.21. The van der Waals surface area contributed by atoms with Gasteiger partial charge in [0, 0.05) is 6.54 Å². The van der Waals surface area contributed by atoms with E-state index in [-0.39, 0.29) is 0 Å². The van der Waals surface area contributed by atoms with E-state index in [1.807, 2.05) is 19.1 Å². The molecule has 0 unspecified atom stereocenters. The number of hydrogen-bond acceptors (Lipinski definition) is 3. The van der Waals surface area contributed by atoms with Gasteiger partial charge in [0.2, 0.25) is 0 Å². The summed E-state index contributed by atoms with van der Waals surface area (Å²) in [6, 6.07) is 9.17. The van der Waals surface area contributed by atoms with Crippen LogP contribution in [0.25, 0.3) is 0 Å². The first-order valence-corrected chi connectivity index (χ1v) is 5.24. The van der Waals surface area contributed by atoms with Crippen LogP contribution in [0.2, 0.25) is 0 Å². The molecule has 0 aliphatic carbocycles. The van der Waals surface area contributed by atoms with Gasteiger partial charge in [-0.15, -0.1) is 0 Å². The van der Waals surface area contributed by atoms with E-state index in [1.54, 1.807) is 18.3 Å². The molecule has 16 heavy (non-hydrogen) atoms. The van der Waals surface area contributed by atoms with E-state index in [0.717, 1.165) is 12.1 Å². The highest BCUT2D eigenvalue weighted by Gasteiger charge is 1.91. The standard InChI is InChI=1S/C11H12N4S/c1-2-13-11(16)15-14-8-10-5-3-9(7-12)4-6-10/h3-6,8H,2H2,1H3,(H2,13,15,16). The molecule has 0 amide bonds. The van der Waals surface area contributed by atoms with Gasteiger partial charge < -0.3 is 5.32 Å². The molecule has 82 valence electrons. The summed E-state index contributed by atoms with van der Waals surface area (Å²) in [7, 11) is 0. The van der Waals surface area contributed by atoms with Gasteiger partial charge in [-0.05, 0) is 36.8 Å². The van der Waals surface area contributed by atoms with Gasteiger partial charge in [-0.1, -0.05) is 12.1 Å². The number of hydrazone groups is 1. The molecule has 0 aromatic heterocycles. The van der Waals surface area contributed by atoms with Gasteiger partial charge >= 0.3 is 0 Å². The minimum Gasteiger partial charge on any atom is -0.362 e. The first kappa shape index (κ1) is 12.1. The molecule has 0 bridgehead atoms. The molecule has 0 fully saturated rings. The maximum Gasteiger partial charge on any atom is 0.186 e. The van der Waals surface area contributed by atoms with E-state index in [2.05, 4.69) is 21.9 Å². The predicted octanol–water partition coefficient (Wildman–Crippen LogP) is 1.38. The van der Waals surface area contributed by atoms with Crippen LogP contribution in [0.4, 0.5) is 0 Å². The molecule has 0 saturated heterocycles. The Labute approximate surface area is 100.0 Å². The first-order chi connectivity index (χ1) is 7.76. The van der Waals surface area contributed by atoms with Gasteiger partial charge in [-0.2, -0.15) is 10.4 Å². The Morgan fingerprint density at radius 1 is 1.50 bits per heavy atom. The van der Waals surface area contributed by atoms with Gasteiger partial charge in [0.1, 0.15) is 0 Å². The zero-order valence-corrected chi connectivity index (χ0v) is 9.71. The molecule has 0 aliphatic rings. The Kier molecular flexibility index (Phi) is 4.96. The fourth-order valence-electron chi connectivity index (χ4n) is 1.01. The second kappa shape index (κ2) is 6.53. The molecular formula is C11H12N4S. The largest absolute Gasteiger partial charge is 0.362 e. The lowest BCUT2D eigenvalue weighted by molar-refractivity contribution is 0.904. The van der Waals surface area contributed by atoms with Crippen molar-refractivity contribution in [3.8, 4) is 6.07 Å². The summed E-state index contributed by atoms with van der Waals surface area (Å²) in [6.45, 7) is 2.72. The fraction of sp³-hybridized carbons (Fsp3) is 0.182. The molecule has 0 heterocycles. The lowest BCUT2D eigenvalue weighted by Gasteiger charge is -2.02. The van der Waals surface area contributed by atoms with Crippen LogP contribution in [0.5, 0.6) is 0 Å². The first-order valence-electron chi connectivity index (χ1n) is 4.83. The van der Waals surface area contributed by atoms with Crippen LogP contribution < -0.4 is 10.7 Å². The van der Waals surface area contributed by atoms with Gasteiger partial charge in [-0.3, -0.25) is 5.43 Å². The van der Waals surface area contributed by atoms with E-state index in [4.69, 9.17) is 17.5 Å². The molecule has 1 aromatic rings. The number of nitrogens with one attached hydrogen (secondary N) is 2. The summed E-state index contributed by atoms with van der Waals surface area (Å²) >= 11 is 4.93. The summed E-state index contributed by atoms with van der Waals surface area (Å²) in [5.74, 6) is 0. The number of thiocarbonyl (C=S) groups is 1. The summed E-state index contributed by atoms with van der Waals surface area (Å²) < 4.78 is 0. The van der Waals surface area contributed by atoms with Crippen molar-refractivity contribution < 1.29 is 0 Å². The van der Waals surface area contributed by atoms with Crippen LogP contribution in [0.3, 0.4) is 0 Å². The van der Waals surface area contributed by atoms with Crippen molar-refractivity contribution in [1.82, 2.24) is 10.7 Å². The molecule has 1 aromatic carbocycles. The summed E-state index contributed by atoms with van der Waals surface area (Å²) in [4.78, 5) is 0. The second-order valence-electron chi connectivity index (χ2n) is 2.96. The molecule has 4 nitrogen and oxygen atoms in total. The van der Waals surface area contributed by atoms with Gasteiger partial charge in [0.25, 0.3) is 0 Å². The highest BCUT2D eigenvalue weighted by molar-refractivity contribution is 7.80. The maximum atomic E-state index is 8.62. The third-order valence-corrected chi connectivity index (χ3v) is 1.99. The lowest BCUT2D eigenvalue weighted by atomic mass is 10.2. The van der Waals surface area contributed by atoms with E-state index in [1.165, 1.54) is 0 Å². The molecule has 0 aliphatic heterocycles. The van der Waals surface area contributed by atoms with E-state index < -0.39 is 0 Å². The summed E-state index contributed by atoms with van der Waals surface area (Å²) in [6.07, 6.45) is 1.64. The quantitative estimate of drug-likeness (QED) is 0.469. The topological polar surface area (TPSA) is 60.2 Å². The maximum absolute atomic E-state index is 8.62. The highest BCUT2D eigenvalue weighted by atomic mass is 32.1. The van der Waals surface area contributed by atoms with E-state index in [0.29, 0.717) is 10.7 Å². The Hall–Kier alpha value is -1.93. The van der Waals surface area contributed by atoms with Crippen LogP contribution >= 0.6 is 12.2 Å². The van der Waals surface area contributed by atoms with Crippen LogP contribution in [-0.4, -0.2) is 17.9 Å². The minimum absolute atomic E-state index is 0.493. The minimum atomic E-state index is 0.493. The SMILES string of the molecule is CCNC(=S)NN=Cc1ccc(C#N)cc1. The van der Waals surface area contributed by atoms with Crippen molar-refractivity contribution in [3.63, 3.8) is 0 Å². The van der Waals surface area contributed by atoms with Crippen molar-refractivity contribution >= 4 is 23.5 Å². The predicted molar refractivity (Wildman–Crippen MR) is 68.2 cm³/mol. The molecule has 0 radical (unpaired) electrons. The van der Waals surface area contributed by atoms with Crippen molar-refractivity contribution in [2.24, 2.45) is 5.10 Å². The highest BCUT2D eigenvalue weighted by Crippen LogP contribution is 2.00. The third-order valence-electron chi connectivity index (χ3n) is 1.76. The number of nitriles is 1. The van der Waals surface area contributed by atoms with Gasteiger partial charge in [-0.25, -0.2) is 0 Å². The molecule has 0 saturated carbocycles. The number of rotatable bonds is 3. The zero-order chi connectivity index (χ0) is 11.8. The monoisotopic (exact) mass is 232 g/mol.